The molecule has 0 radical (unpaired) electrons. The monoisotopic (exact) mass is 292 g/mol. The van der Waals surface area contributed by atoms with Crippen molar-refractivity contribution < 1.29 is 5.11 Å². The summed E-state index contributed by atoms with van der Waals surface area (Å²) in [5.41, 5.74) is 7.36. The van der Waals surface area contributed by atoms with Gasteiger partial charge in [0.15, 0.2) is 0 Å². The van der Waals surface area contributed by atoms with Crippen molar-refractivity contribution in [2.75, 3.05) is 19.6 Å². The molecular weight excluding hydrogens is 268 g/mol. The molecule has 2 atom stereocenters. The highest BCUT2D eigenvalue weighted by molar-refractivity contribution is 7.80. The number of β-amino-alcohol motifs (C(OH)–C–C–N with tert-alkyl or cyclic N) is 1. The maximum atomic E-state index is 10.4. The fourth-order valence-corrected chi connectivity index (χ4v) is 2.86. The van der Waals surface area contributed by atoms with Gasteiger partial charge in [-0.2, -0.15) is 0 Å². The number of aliphatic hydroxyl groups excluding tert-OH is 1. The smallest absolute Gasteiger partial charge is 0.103 e. The zero-order valence-electron chi connectivity index (χ0n) is 12.1. The number of aliphatic hydroxyl groups is 1. The van der Waals surface area contributed by atoms with Gasteiger partial charge in [0, 0.05) is 12.1 Å². The summed E-state index contributed by atoms with van der Waals surface area (Å²) in [6.07, 6.45) is 3.32. The molecule has 0 saturated carbocycles. The van der Waals surface area contributed by atoms with E-state index in [0.717, 1.165) is 30.1 Å². The van der Waals surface area contributed by atoms with Crippen LogP contribution in [0.4, 0.5) is 0 Å². The molecule has 0 aromatic heterocycles. The second-order valence-electron chi connectivity index (χ2n) is 5.84. The molecule has 2 unspecified atom stereocenters. The summed E-state index contributed by atoms with van der Waals surface area (Å²) in [4.78, 5) is 2.77. The summed E-state index contributed by atoms with van der Waals surface area (Å²) < 4.78 is 0. The second-order valence-corrected chi connectivity index (χ2v) is 6.28. The Labute approximate surface area is 126 Å². The Bertz CT molecular complexity index is 446. The largest absolute Gasteiger partial charge is 0.389 e. The first-order valence-corrected chi connectivity index (χ1v) is 7.77. The van der Waals surface area contributed by atoms with E-state index in [4.69, 9.17) is 18.0 Å². The summed E-state index contributed by atoms with van der Waals surface area (Å²) in [5, 5.41) is 10.4. The van der Waals surface area contributed by atoms with Crippen LogP contribution in [0.1, 0.15) is 43.4 Å². The summed E-state index contributed by atoms with van der Waals surface area (Å²) in [6, 6.07) is 7.59. The van der Waals surface area contributed by atoms with Crippen molar-refractivity contribution in [1.82, 2.24) is 4.90 Å². The van der Waals surface area contributed by atoms with Crippen LogP contribution in [0.25, 0.3) is 0 Å². The first-order valence-electron chi connectivity index (χ1n) is 7.36. The van der Waals surface area contributed by atoms with Gasteiger partial charge in [-0.3, -0.25) is 0 Å². The van der Waals surface area contributed by atoms with E-state index in [9.17, 15) is 5.11 Å². The van der Waals surface area contributed by atoms with Gasteiger partial charge in [-0.05, 0) is 43.8 Å². The van der Waals surface area contributed by atoms with Gasteiger partial charge in [-0.1, -0.05) is 43.4 Å². The molecule has 1 aliphatic heterocycles. The van der Waals surface area contributed by atoms with Gasteiger partial charge in [0.05, 0.1) is 6.10 Å². The number of nitrogens with two attached hydrogens (primary N) is 1. The van der Waals surface area contributed by atoms with Crippen molar-refractivity contribution in [1.29, 1.82) is 0 Å². The van der Waals surface area contributed by atoms with E-state index in [1.54, 1.807) is 0 Å². The number of nitrogens with zero attached hydrogens (tertiary/aromatic N) is 1. The highest BCUT2D eigenvalue weighted by atomic mass is 32.1. The molecule has 3 nitrogen and oxygen atoms in total. The van der Waals surface area contributed by atoms with Crippen LogP contribution in [0.2, 0.25) is 0 Å². The Kier molecular flexibility index (Phi) is 5.52. The molecule has 1 fully saturated rings. The van der Waals surface area contributed by atoms with Crippen molar-refractivity contribution in [2.24, 2.45) is 11.7 Å². The SMILES string of the molecule is CC1CCCN(CC(O)c2ccc(C(N)=S)cc2)CC1. The molecule has 1 heterocycles. The van der Waals surface area contributed by atoms with Crippen LogP contribution in [0.3, 0.4) is 0 Å². The van der Waals surface area contributed by atoms with E-state index in [1.165, 1.54) is 19.3 Å². The van der Waals surface area contributed by atoms with E-state index in [2.05, 4.69) is 11.8 Å². The minimum atomic E-state index is -0.441. The summed E-state index contributed by atoms with van der Waals surface area (Å²) in [6.45, 7) is 5.20. The zero-order chi connectivity index (χ0) is 14.5. The minimum Gasteiger partial charge on any atom is -0.389 e. The molecule has 20 heavy (non-hydrogen) atoms. The van der Waals surface area contributed by atoms with Crippen molar-refractivity contribution >= 4 is 17.2 Å². The quantitative estimate of drug-likeness (QED) is 0.837. The average Bonchev–Trinajstić information content (AvgIpc) is 2.64. The summed E-state index contributed by atoms with van der Waals surface area (Å²) in [5.74, 6) is 0.807. The van der Waals surface area contributed by atoms with Crippen LogP contribution in [-0.4, -0.2) is 34.6 Å². The van der Waals surface area contributed by atoms with Gasteiger partial charge in [0.2, 0.25) is 0 Å². The molecular formula is C16H24N2OS. The molecule has 1 aromatic carbocycles. The molecule has 4 heteroatoms. The predicted molar refractivity (Wildman–Crippen MR) is 86.7 cm³/mol. The van der Waals surface area contributed by atoms with Gasteiger partial charge in [0.25, 0.3) is 0 Å². The standard InChI is InChI=1S/C16H24N2OS/c1-12-3-2-9-18(10-8-12)11-15(19)13-4-6-14(7-5-13)16(17)20/h4-7,12,15,19H,2-3,8-11H2,1H3,(H2,17,20). The van der Waals surface area contributed by atoms with Crippen molar-refractivity contribution in [3.63, 3.8) is 0 Å². The van der Waals surface area contributed by atoms with Gasteiger partial charge in [0.1, 0.15) is 4.99 Å². The Morgan fingerprint density at radius 1 is 1.35 bits per heavy atom. The number of thiocarbonyl (C=S) groups is 1. The maximum absolute atomic E-state index is 10.4. The lowest BCUT2D eigenvalue weighted by Crippen LogP contribution is -2.29. The fourth-order valence-electron chi connectivity index (χ4n) is 2.72. The maximum Gasteiger partial charge on any atom is 0.103 e. The van der Waals surface area contributed by atoms with Crippen molar-refractivity contribution in [2.45, 2.75) is 32.3 Å². The highest BCUT2D eigenvalue weighted by Gasteiger charge is 2.17. The topological polar surface area (TPSA) is 49.5 Å². The molecule has 110 valence electrons. The fraction of sp³-hybridized carbons (Fsp3) is 0.562. The van der Waals surface area contributed by atoms with Gasteiger partial charge in [-0.25, -0.2) is 0 Å². The molecule has 0 spiro atoms. The Morgan fingerprint density at radius 2 is 2.05 bits per heavy atom. The molecule has 1 aliphatic rings. The third-order valence-electron chi connectivity index (χ3n) is 4.12. The minimum absolute atomic E-state index is 0.396. The molecule has 0 amide bonds. The molecule has 1 aromatic rings. The first kappa shape index (κ1) is 15.4. The molecule has 2 rings (SSSR count). The number of likely N-dealkylation sites (tertiary alicyclic amines) is 1. The van der Waals surface area contributed by atoms with Crippen molar-refractivity contribution in [3.8, 4) is 0 Å². The predicted octanol–water partition coefficient (Wildman–Crippen LogP) is 2.48. The van der Waals surface area contributed by atoms with Gasteiger partial charge < -0.3 is 15.7 Å². The van der Waals surface area contributed by atoms with E-state index in [0.29, 0.717) is 11.5 Å². The third kappa shape index (κ3) is 4.27. The third-order valence-corrected chi connectivity index (χ3v) is 4.36. The van der Waals surface area contributed by atoms with Crippen molar-refractivity contribution in [3.05, 3.63) is 35.4 Å². The number of hydrogen-bond donors (Lipinski definition) is 2. The van der Waals surface area contributed by atoms with Crippen LogP contribution in [-0.2, 0) is 0 Å². The van der Waals surface area contributed by atoms with Gasteiger partial charge >= 0.3 is 0 Å². The lowest BCUT2D eigenvalue weighted by Gasteiger charge is -2.23. The average molecular weight is 292 g/mol. The number of benzene rings is 1. The Morgan fingerprint density at radius 3 is 2.70 bits per heavy atom. The van der Waals surface area contributed by atoms with Crippen LogP contribution in [0, 0.1) is 5.92 Å². The van der Waals surface area contributed by atoms with E-state index in [-0.39, 0.29) is 0 Å². The highest BCUT2D eigenvalue weighted by Crippen LogP contribution is 2.20. The normalized spacial score (nSPS) is 22.2. The summed E-state index contributed by atoms with van der Waals surface area (Å²) >= 11 is 4.93. The van der Waals surface area contributed by atoms with Crippen LogP contribution < -0.4 is 5.73 Å². The molecule has 0 bridgehead atoms. The lowest BCUT2D eigenvalue weighted by molar-refractivity contribution is 0.114. The molecule has 0 aliphatic carbocycles. The van der Waals surface area contributed by atoms with Crippen LogP contribution in [0.15, 0.2) is 24.3 Å². The first-order chi connectivity index (χ1) is 9.56. The summed E-state index contributed by atoms with van der Waals surface area (Å²) in [7, 11) is 0. The Hall–Kier alpha value is -0.970. The number of rotatable bonds is 4. The zero-order valence-corrected chi connectivity index (χ0v) is 12.9. The molecule has 3 N–H and O–H groups in total. The van der Waals surface area contributed by atoms with E-state index < -0.39 is 6.10 Å². The molecule has 1 saturated heterocycles. The van der Waals surface area contributed by atoms with Crippen LogP contribution in [0.5, 0.6) is 0 Å². The van der Waals surface area contributed by atoms with E-state index in [1.807, 2.05) is 24.3 Å². The second kappa shape index (κ2) is 7.16. The number of hydrogen-bond acceptors (Lipinski definition) is 3. The van der Waals surface area contributed by atoms with Crippen LogP contribution >= 0.6 is 12.2 Å². The lowest BCUT2D eigenvalue weighted by atomic mass is 10.0. The van der Waals surface area contributed by atoms with Gasteiger partial charge in [-0.15, -0.1) is 0 Å². The Balaban J connectivity index is 1.93. The van der Waals surface area contributed by atoms with E-state index >= 15 is 0 Å².